The van der Waals surface area contributed by atoms with Gasteiger partial charge in [0.25, 0.3) is 5.91 Å². The summed E-state index contributed by atoms with van der Waals surface area (Å²) in [5.74, 6) is -0.806. The van der Waals surface area contributed by atoms with E-state index in [2.05, 4.69) is 5.32 Å². The van der Waals surface area contributed by atoms with Crippen LogP contribution in [0.15, 0.2) is 42.5 Å². The van der Waals surface area contributed by atoms with E-state index in [1.165, 1.54) is 6.07 Å². The molecule has 0 bridgehead atoms. The van der Waals surface area contributed by atoms with Gasteiger partial charge < -0.3 is 11.1 Å². The van der Waals surface area contributed by atoms with Crippen molar-refractivity contribution in [2.75, 3.05) is 11.6 Å². The molecule has 0 aliphatic carbocycles. The normalized spacial score (nSPS) is 13.1. The molecule has 4 nitrogen and oxygen atoms in total. The van der Waals surface area contributed by atoms with Crippen molar-refractivity contribution in [3.63, 3.8) is 0 Å². The summed E-state index contributed by atoms with van der Waals surface area (Å²) in [5, 5.41) is 3.05. The number of carbonyl (C=O) groups excluding carboxylic acids is 2. The van der Waals surface area contributed by atoms with Crippen molar-refractivity contribution in [1.29, 1.82) is 0 Å². The van der Waals surface area contributed by atoms with Crippen LogP contribution in [0.3, 0.4) is 0 Å². The maximum Gasteiger partial charge on any atom is 0.252 e. The zero-order chi connectivity index (χ0) is 18.6. The Kier molecular flexibility index (Phi) is 6.09. The molecule has 2 aromatic rings. The van der Waals surface area contributed by atoms with Crippen LogP contribution in [0.5, 0.6) is 0 Å². The predicted octanol–water partition coefficient (Wildman–Crippen LogP) is 4.30. The molecule has 0 saturated heterocycles. The smallest absolute Gasteiger partial charge is 0.252 e. The standard InChI is InChI=1S/C19H20Cl2N2O2/c1-3-19(2,16(24)11-20)23-18(25)13-9-14(17(22)15(21)10-13)12-7-5-4-6-8-12/h4-10H,3,11,22H2,1-2H3,(H,23,25). The van der Waals surface area contributed by atoms with Gasteiger partial charge in [-0.25, -0.2) is 0 Å². The van der Waals surface area contributed by atoms with Gasteiger partial charge in [0, 0.05) is 11.1 Å². The van der Waals surface area contributed by atoms with Crippen molar-refractivity contribution in [1.82, 2.24) is 5.32 Å². The summed E-state index contributed by atoms with van der Waals surface area (Å²) in [6.07, 6.45) is 0.429. The molecule has 0 fully saturated rings. The van der Waals surface area contributed by atoms with E-state index in [0.29, 0.717) is 23.2 Å². The molecule has 0 aliphatic heterocycles. The molecule has 132 valence electrons. The van der Waals surface area contributed by atoms with Gasteiger partial charge in [-0.15, -0.1) is 11.6 Å². The van der Waals surface area contributed by atoms with E-state index in [1.807, 2.05) is 37.3 Å². The third kappa shape index (κ3) is 4.14. The number of nitrogens with two attached hydrogens (primary N) is 1. The number of hydrogen-bond donors (Lipinski definition) is 2. The molecule has 0 radical (unpaired) electrons. The summed E-state index contributed by atoms with van der Waals surface area (Å²) < 4.78 is 0. The average molecular weight is 379 g/mol. The summed E-state index contributed by atoms with van der Waals surface area (Å²) >= 11 is 11.9. The highest BCUT2D eigenvalue weighted by molar-refractivity contribution is 6.34. The Hall–Kier alpha value is -2.04. The molecule has 0 spiro atoms. The average Bonchev–Trinajstić information content (AvgIpc) is 2.63. The van der Waals surface area contributed by atoms with Crippen molar-refractivity contribution >= 4 is 40.6 Å². The van der Waals surface area contributed by atoms with Crippen LogP contribution in [0.1, 0.15) is 30.6 Å². The molecular weight excluding hydrogens is 359 g/mol. The van der Waals surface area contributed by atoms with E-state index in [-0.39, 0.29) is 16.7 Å². The number of nitrogen functional groups attached to an aromatic ring is 1. The van der Waals surface area contributed by atoms with Crippen LogP contribution < -0.4 is 11.1 Å². The molecule has 1 amide bonds. The second kappa shape index (κ2) is 7.89. The Morgan fingerprint density at radius 3 is 2.40 bits per heavy atom. The van der Waals surface area contributed by atoms with Gasteiger partial charge in [0.15, 0.2) is 5.78 Å². The fourth-order valence-corrected chi connectivity index (χ4v) is 2.95. The van der Waals surface area contributed by atoms with Crippen molar-refractivity contribution < 1.29 is 9.59 Å². The number of alkyl halides is 1. The van der Waals surface area contributed by atoms with E-state index in [1.54, 1.807) is 13.0 Å². The second-order valence-electron chi connectivity index (χ2n) is 5.98. The van der Waals surface area contributed by atoms with Crippen LogP contribution >= 0.6 is 23.2 Å². The quantitative estimate of drug-likeness (QED) is 0.581. The molecule has 25 heavy (non-hydrogen) atoms. The highest BCUT2D eigenvalue weighted by Gasteiger charge is 2.32. The summed E-state index contributed by atoms with van der Waals surface area (Å²) in [5.41, 5.74) is 7.30. The SMILES string of the molecule is CCC(C)(NC(=O)c1cc(Cl)c(N)c(-c2ccccc2)c1)C(=O)CCl. The first-order valence-corrected chi connectivity index (χ1v) is 8.80. The van der Waals surface area contributed by atoms with Gasteiger partial charge in [-0.2, -0.15) is 0 Å². The van der Waals surface area contributed by atoms with E-state index in [0.717, 1.165) is 5.56 Å². The fourth-order valence-electron chi connectivity index (χ4n) is 2.43. The predicted molar refractivity (Wildman–Crippen MR) is 103 cm³/mol. The van der Waals surface area contributed by atoms with Gasteiger partial charge in [-0.3, -0.25) is 9.59 Å². The van der Waals surface area contributed by atoms with Gasteiger partial charge in [-0.1, -0.05) is 48.9 Å². The van der Waals surface area contributed by atoms with Gasteiger partial charge in [0.2, 0.25) is 0 Å². The first kappa shape index (κ1) is 19.3. The van der Waals surface area contributed by atoms with Gasteiger partial charge in [0.05, 0.1) is 22.1 Å². The molecule has 3 N–H and O–H groups in total. The second-order valence-corrected chi connectivity index (χ2v) is 6.66. The summed E-state index contributed by atoms with van der Waals surface area (Å²) in [6, 6.07) is 12.6. The maximum absolute atomic E-state index is 12.7. The Morgan fingerprint density at radius 1 is 1.20 bits per heavy atom. The topological polar surface area (TPSA) is 72.2 Å². The Balaban J connectivity index is 2.41. The molecule has 0 heterocycles. The van der Waals surface area contributed by atoms with Crippen LogP contribution in [0.25, 0.3) is 11.1 Å². The highest BCUT2D eigenvalue weighted by Crippen LogP contribution is 2.33. The number of nitrogens with one attached hydrogen (secondary N) is 1. The Morgan fingerprint density at radius 2 is 1.84 bits per heavy atom. The number of anilines is 1. The lowest BCUT2D eigenvalue weighted by atomic mass is 9.93. The summed E-state index contributed by atoms with van der Waals surface area (Å²) in [6.45, 7) is 3.47. The van der Waals surface area contributed by atoms with Crippen molar-refractivity contribution in [2.45, 2.75) is 25.8 Å². The Bertz CT molecular complexity index is 794. The van der Waals surface area contributed by atoms with Gasteiger partial charge in [0.1, 0.15) is 0 Å². The van der Waals surface area contributed by atoms with Crippen LogP contribution in [-0.4, -0.2) is 23.1 Å². The molecule has 1 unspecified atom stereocenters. The van der Waals surface area contributed by atoms with Gasteiger partial charge >= 0.3 is 0 Å². The van der Waals surface area contributed by atoms with Crippen molar-refractivity contribution in [3.8, 4) is 11.1 Å². The molecule has 0 saturated carbocycles. The minimum Gasteiger partial charge on any atom is -0.397 e. The lowest BCUT2D eigenvalue weighted by molar-refractivity contribution is -0.122. The minimum absolute atomic E-state index is 0.164. The van der Waals surface area contributed by atoms with Crippen molar-refractivity contribution in [3.05, 3.63) is 53.1 Å². The third-order valence-corrected chi connectivity index (χ3v) is 4.87. The number of Topliss-reactive ketones (excluding diaryl/α,β-unsaturated/α-hetero) is 1. The lowest BCUT2D eigenvalue weighted by Gasteiger charge is -2.27. The van der Waals surface area contributed by atoms with Crippen molar-refractivity contribution in [2.24, 2.45) is 0 Å². The molecule has 2 rings (SSSR count). The first-order valence-electron chi connectivity index (χ1n) is 7.88. The summed E-state index contributed by atoms with van der Waals surface area (Å²) in [4.78, 5) is 24.7. The fraction of sp³-hybridized carbons (Fsp3) is 0.263. The lowest BCUT2D eigenvalue weighted by Crippen LogP contribution is -2.52. The number of hydrogen-bond acceptors (Lipinski definition) is 3. The van der Waals surface area contributed by atoms with E-state index in [9.17, 15) is 9.59 Å². The van der Waals surface area contributed by atoms with E-state index >= 15 is 0 Å². The van der Waals surface area contributed by atoms with E-state index in [4.69, 9.17) is 28.9 Å². The van der Waals surface area contributed by atoms with Crippen LogP contribution in [0.4, 0.5) is 5.69 Å². The number of halogens is 2. The number of carbonyl (C=O) groups is 2. The molecule has 1 atom stereocenters. The summed E-state index contributed by atoms with van der Waals surface area (Å²) in [7, 11) is 0. The number of benzene rings is 2. The van der Waals surface area contributed by atoms with Crippen LogP contribution in [0.2, 0.25) is 5.02 Å². The molecule has 6 heteroatoms. The molecule has 0 aliphatic rings. The van der Waals surface area contributed by atoms with Gasteiger partial charge in [-0.05, 0) is 31.0 Å². The monoisotopic (exact) mass is 378 g/mol. The van der Waals surface area contributed by atoms with Crippen LogP contribution in [0, 0.1) is 0 Å². The highest BCUT2D eigenvalue weighted by atomic mass is 35.5. The zero-order valence-corrected chi connectivity index (χ0v) is 15.6. The van der Waals surface area contributed by atoms with Crippen LogP contribution in [-0.2, 0) is 4.79 Å². The Labute approximate surface area is 157 Å². The third-order valence-electron chi connectivity index (χ3n) is 4.31. The zero-order valence-electron chi connectivity index (χ0n) is 14.1. The first-order chi connectivity index (χ1) is 11.8. The minimum atomic E-state index is -1.03. The largest absolute Gasteiger partial charge is 0.397 e. The van der Waals surface area contributed by atoms with E-state index < -0.39 is 11.4 Å². The number of ketones is 1. The molecule has 0 aromatic heterocycles. The number of amides is 1. The number of rotatable bonds is 6. The molecule has 2 aromatic carbocycles. The maximum atomic E-state index is 12.7. The molecular formula is C19H20Cl2N2O2.